The van der Waals surface area contributed by atoms with Gasteiger partial charge in [0.25, 0.3) is 0 Å². The van der Waals surface area contributed by atoms with Gasteiger partial charge in [0, 0.05) is 19.6 Å². The summed E-state index contributed by atoms with van der Waals surface area (Å²) in [6.07, 6.45) is 0. The largest absolute Gasteiger partial charge is 0.318 e. The number of likely N-dealkylation sites (N-methyl/N-ethyl adjacent to an activating group) is 2. The van der Waals surface area contributed by atoms with E-state index in [1.54, 1.807) is 0 Å². The summed E-state index contributed by atoms with van der Waals surface area (Å²) in [7, 11) is 3.98. The Balaban J connectivity index is 2.53. The second-order valence-corrected chi connectivity index (χ2v) is 4.44. The molecular formula is C11H16BrFN2. The zero-order valence-electron chi connectivity index (χ0n) is 9.06. The molecule has 1 rings (SSSR count). The number of rotatable bonds is 5. The molecule has 0 amide bonds. The molecule has 4 heteroatoms. The minimum atomic E-state index is -0.211. The van der Waals surface area contributed by atoms with Gasteiger partial charge in [-0.2, -0.15) is 0 Å². The van der Waals surface area contributed by atoms with Crippen LogP contribution in [0, 0.1) is 5.82 Å². The van der Waals surface area contributed by atoms with Gasteiger partial charge in [0.05, 0.1) is 4.47 Å². The highest BCUT2D eigenvalue weighted by Gasteiger charge is 2.03. The van der Waals surface area contributed by atoms with E-state index in [2.05, 4.69) is 33.2 Å². The minimum Gasteiger partial charge on any atom is -0.318 e. The van der Waals surface area contributed by atoms with Crippen LogP contribution in [-0.4, -0.2) is 32.1 Å². The highest BCUT2D eigenvalue weighted by atomic mass is 79.9. The number of hydrogen-bond acceptors (Lipinski definition) is 2. The molecule has 1 aromatic carbocycles. The van der Waals surface area contributed by atoms with Crippen LogP contribution < -0.4 is 5.32 Å². The van der Waals surface area contributed by atoms with Crippen molar-refractivity contribution in [1.82, 2.24) is 10.2 Å². The lowest BCUT2D eigenvalue weighted by molar-refractivity contribution is 0.328. The van der Waals surface area contributed by atoms with Gasteiger partial charge in [-0.3, -0.25) is 0 Å². The molecule has 0 saturated carbocycles. The van der Waals surface area contributed by atoms with Crippen molar-refractivity contribution in [2.45, 2.75) is 6.54 Å². The van der Waals surface area contributed by atoms with Crippen LogP contribution in [0.2, 0.25) is 0 Å². The van der Waals surface area contributed by atoms with E-state index in [0.717, 1.165) is 25.2 Å². The van der Waals surface area contributed by atoms with E-state index in [1.165, 1.54) is 6.07 Å². The Morgan fingerprint density at radius 3 is 2.80 bits per heavy atom. The van der Waals surface area contributed by atoms with Crippen molar-refractivity contribution in [1.29, 1.82) is 0 Å². The van der Waals surface area contributed by atoms with Crippen molar-refractivity contribution in [3.8, 4) is 0 Å². The van der Waals surface area contributed by atoms with Crippen LogP contribution in [0.1, 0.15) is 5.56 Å². The zero-order chi connectivity index (χ0) is 11.3. The number of hydrogen-bond donors (Lipinski definition) is 1. The van der Waals surface area contributed by atoms with Crippen LogP contribution >= 0.6 is 15.9 Å². The van der Waals surface area contributed by atoms with Crippen LogP contribution in [0.4, 0.5) is 4.39 Å². The first kappa shape index (κ1) is 12.6. The van der Waals surface area contributed by atoms with Gasteiger partial charge >= 0.3 is 0 Å². The number of benzene rings is 1. The minimum absolute atomic E-state index is 0.211. The Labute approximate surface area is 98.6 Å². The number of nitrogens with one attached hydrogen (secondary N) is 1. The van der Waals surface area contributed by atoms with E-state index in [9.17, 15) is 4.39 Å². The molecule has 0 atom stereocenters. The summed E-state index contributed by atoms with van der Waals surface area (Å²) in [5, 5.41) is 3.09. The summed E-state index contributed by atoms with van der Waals surface area (Å²) in [6.45, 7) is 2.77. The number of halogens is 2. The lowest BCUT2D eigenvalue weighted by Crippen LogP contribution is -2.26. The van der Waals surface area contributed by atoms with E-state index < -0.39 is 0 Å². The maximum Gasteiger partial charge on any atom is 0.137 e. The molecule has 0 unspecified atom stereocenters. The second kappa shape index (κ2) is 6.20. The monoisotopic (exact) mass is 274 g/mol. The summed E-state index contributed by atoms with van der Waals surface area (Å²) >= 11 is 3.18. The highest BCUT2D eigenvalue weighted by molar-refractivity contribution is 9.10. The van der Waals surface area contributed by atoms with Crippen LogP contribution in [-0.2, 0) is 6.54 Å². The molecule has 0 radical (unpaired) electrons. The third kappa shape index (κ3) is 4.28. The van der Waals surface area contributed by atoms with E-state index >= 15 is 0 Å². The molecule has 0 bridgehead atoms. The van der Waals surface area contributed by atoms with Crippen LogP contribution in [0.5, 0.6) is 0 Å². The van der Waals surface area contributed by atoms with Crippen molar-refractivity contribution < 1.29 is 4.39 Å². The average Bonchev–Trinajstić information content (AvgIpc) is 2.20. The summed E-state index contributed by atoms with van der Waals surface area (Å²) < 4.78 is 13.5. The molecule has 0 aliphatic heterocycles. The third-order valence-corrected chi connectivity index (χ3v) is 2.79. The third-order valence-electron chi connectivity index (χ3n) is 2.18. The number of nitrogens with zero attached hydrogens (tertiary/aromatic N) is 1. The molecular weight excluding hydrogens is 259 g/mol. The average molecular weight is 275 g/mol. The van der Waals surface area contributed by atoms with Crippen molar-refractivity contribution in [3.05, 3.63) is 34.1 Å². The first-order valence-electron chi connectivity index (χ1n) is 4.90. The fourth-order valence-electron chi connectivity index (χ4n) is 1.33. The first-order chi connectivity index (χ1) is 7.13. The molecule has 1 N–H and O–H groups in total. The Bertz CT molecular complexity index is 317. The Morgan fingerprint density at radius 2 is 2.20 bits per heavy atom. The SMILES string of the molecule is CNCCN(C)Cc1ccc(F)c(Br)c1. The summed E-state index contributed by atoms with van der Waals surface area (Å²) in [5.74, 6) is -0.211. The summed E-state index contributed by atoms with van der Waals surface area (Å²) in [6, 6.07) is 5.13. The maximum atomic E-state index is 13.0. The standard InChI is InChI=1S/C11H16BrFN2/c1-14-5-6-15(2)8-9-3-4-11(13)10(12)7-9/h3-4,7,14H,5-6,8H2,1-2H3. The normalized spacial score (nSPS) is 11.0. The smallest absolute Gasteiger partial charge is 0.137 e. The molecule has 1 aromatic rings. The molecule has 0 aliphatic rings. The van der Waals surface area contributed by atoms with Gasteiger partial charge in [-0.25, -0.2) is 4.39 Å². The molecule has 0 saturated heterocycles. The molecule has 0 heterocycles. The van der Waals surface area contributed by atoms with Gasteiger partial charge in [-0.1, -0.05) is 6.07 Å². The van der Waals surface area contributed by atoms with Gasteiger partial charge in [-0.15, -0.1) is 0 Å². The van der Waals surface area contributed by atoms with Gasteiger partial charge in [0.1, 0.15) is 5.82 Å². The lowest BCUT2D eigenvalue weighted by atomic mass is 10.2. The predicted molar refractivity (Wildman–Crippen MR) is 64.4 cm³/mol. The topological polar surface area (TPSA) is 15.3 Å². The van der Waals surface area contributed by atoms with Crippen LogP contribution in [0.3, 0.4) is 0 Å². The fraction of sp³-hybridized carbons (Fsp3) is 0.455. The van der Waals surface area contributed by atoms with Crippen molar-refractivity contribution >= 4 is 15.9 Å². The van der Waals surface area contributed by atoms with E-state index in [1.807, 2.05) is 19.2 Å². The Kier molecular flexibility index (Phi) is 5.22. The maximum absolute atomic E-state index is 13.0. The molecule has 0 spiro atoms. The van der Waals surface area contributed by atoms with Crippen LogP contribution in [0.25, 0.3) is 0 Å². The molecule has 0 aromatic heterocycles. The van der Waals surface area contributed by atoms with Crippen LogP contribution in [0.15, 0.2) is 22.7 Å². The Hall–Kier alpha value is -0.450. The molecule has 0 aliphatic carbocycles. The first-order valence-corrected chi connectivity index (χ1v) is 5.70. The predicted octanol–water partition coefficient (Wildman–Crippen LogP) is 2.24. The fourth-order valence-corrected chi connectivity index (χ4v) is 1.76. The van der Waals surface area contributed by atoms with Crippen molar-refractivity contribution in [2.75, 3.05) is 27.2 Å². The lowest BCUT2D eigenvalue weighted by Gasteiger charge is -2.16. The second-order valence-electron chi connectivity index (χ2n) is 3.59. The quantitative estimate of drug-likeness (QED) is 0.886. The summed E-state index contributed by atoms with van der Waals surface area (Å²) in [4.78, 5) is 2.19. The van der Waals surface area contributed by atoms with Crippen molar-refractivity contribution in [2.24, 2.45) is 0 Å². The molecule has 0 fully saturated rings. The molecule has 15 heavy (non-hydrogen) atoms. The molecule has 2 nitrogen and oxygen atoms in total. The van der Waals surface area contributed by atoms with E-state index in [0.29, 0.717) is 4.47 Å². The van der Waals surface area contributed by atoms with Gasteiger partial charge in [0.2, 0.25) is 0 Å². The zero-order valence-corrected chi connectivity index (χ0v) is 10.6. The van der Waals surface area contributed by atoms with Gasteiger partial charge in [0.15, 0.2) is 0 Å². The van der Waals surface area contributed by atoms with Gasteiger partial charge in [-0.05, 0) is 47.7 Å². The Morgan fingerprint density at radius 1 is 1.47 bits per heavy atom. The van der Waals surface area contributed by atoms with Crippen molar-refractivity contribution in [3.63, 3.8) is 0 Å². The van der Waals surface area contributed by atoms with E-state index in [4.69, 9.17) is 0 Å². The van der Waals surface area contributed by atoms with E-state index in [-0.39, 0.29) is 5.82 Å². The summed E-state index contributed by atoms with van der Waals surface area (Å²) in [5.41, 5.74) is 1.11. The highest BCUT2D eigenvalue weighted by Crippen LogP contribution is 2.17. The molecule has 84 valence electrons. The van der Waals surface area contributed by atoms with Gasteiger partial charge < -0.3 is 10.2 Å².